The molecule has 126 valence electrons. The molecule has 0 aliphatic heterocycles. The Bertz CT molecular complexity index is 991. The summed E-state index contributed by atoms with van der Waals surface area (Å²) in [6, 6.07) is 28.6. The SMILES string of the molecule is C1=CC(CCC2C(c3ccccc3)=Cc3ccccc32)c2ccccc21. The van der Waals surface area contributed by atoms with E-state index in [0.717, 1.165) is 0 Å². The molecule has 0 fully saturated rings. The Kier molecular flexibility index (Phi) is 3.83. The van der Waals surface area contributed by atoms with Gasteiger partial charge in [0.25, 0.3) is 0 Å². The molecule has 26 heavy (non-hydrogen) atoms. The lowest BCUT2D eigenvalue weighted by Gasteiger charge is -2.20. The van der Waals surface area contributed by atoms with Crippen molar-refractivity contribution in [3.63, 3.8) is 0 Å². The summed E-state index contributed by atoms with van der Waals surface area (Å²) < 4.78 is 0. The first kappa shape index (κ1) is 15.4. The van der Waals surface area contributed by atoms with Crippen molar-refractivity contribution in [2.45, 2.75) is 24.7 Å². The second-order valence-corrected chi connectivity index (χ2v) is 7.32. The topological polar surface area (TPSA) is 0 Å². The van der Waals surface area contributed by atoms with Crippen LogP contribution in [0.25, 0.3) is 17.7 Å². The summed E-state index contributed by atoms with van der Waals surface area (Å²) in [5, 5.41) is 0. The minimum absolute atomic E-state index is 0.495. The van der Waals surface area contributed by atoms with E-state index in [-0.39, 0.29) is 0 Å². The lowest BCUT2D eigenvalue weighted by molar-refractivity contribution is 0.649. The van der Waals surface area contributed by atoms with Crippen molar-refractivity contribution in [1.29, 1.82) is 0 Å². The largest absolute Gasteiger partial charge is 0.0764 e. The zero-order valence-electron chi connectivity index (χ0n) is 14.8. The number of fused-ring (bicyclic) bond motifs is 2. The fraction of sp³-hybridized carbons (Fsp3) is 0.154. The maximum Gasteiger partial charge on any atom is 0.0102 e. The highest BCUT2D eigenvalue weighted by Crippen LogP contribution is 2.46. The van der Waals surface area contributed by atoms with Gasteiger partial charge in [-0.25, -0.2) is 0 Å². The first-order valence-electron chi connectivity index (χ1n) is 9.53. The van der Waals surface area contributed by atoms with Crippen molar-refractivity contribution in [2.24, 2.45) is 0 Å². The second kappa shape index (κ2) is 6.46. The normalized spacial score (nSPS) is 19.9. The van der Waals surface area contributed by atoms with E-state index in [4.69, 9.17) is 0 Å². The molecule has 2 atom stereocenters. The first-order valence-corrected chi connectivity index (χ1v) is 9.53. The highest BCUT2D eigenvalue weighted by Gasteiger charge is 2.27. The zero-order chi connectivity index (χ0) is 17.3. The summed E-state index contributed by atoms with van der Waals surface area (Å²) in [4.78, 5) is 0. The average Bonchev–Trinajstić information content (AvgIpc) is 3.28. The molecule has 5 rings (SSSR count). The van der Waals surface area contributed by atoms with Crippen molar-refractivity contribution in [3.05, 3.63) is 113 Å². The molecule has 0 radical (unpaired) electrons. The van der Waals surface area contributed by atoms with Crippen LogP contribution in [0, 0.1) is 0 Å². The lowest BCUT2D eigenvalue weighted by Crippen LogP contribution is -2.02. The summed E-state index contributed by atoms with van der Waals surface area (Å²) >= 11 is 0. The van der Waals surface area contributed by atoms with Crippen molar-refractivity contribution < 1.29 is 0 Å². The van der Waals surface area contributed by atoms with Gasteiger partial charge >= 0.3 is 0 Å². The Morgan fingerprint density at radius 1 is 0.615 bits per heavy atom. The fourth-order valence-corrected chi connectivity index (χ4v) is 4.54. The van der Waals surface area contributed by atoms with Crippen LogP contribution in [-0.4, -0.2) is 0 Å². The Hall–Kier alpha value is -2.86. The van der Waals surface area contributed by atoms with Crippen LogP contribution in [0.5, 0.6) is 0 Å². The molecule has 0 heterocycles. The highest BCUT2D eigenvalue weighted by atomic mass is 14.3. The molecule has 0 amide bonds. The maximum atomic E-state index is 2.40. The Labute approximate surface area is 155 Å². The van der Waals surface area contributed by atoms with Gasteiger partial charge in [-0.2, -0.15) is 0 Å². The van der Waals surface area contributed by atoms with Gasteiger partial charge in [-0.3, -0.25) is 0 Å². The molecule has 0 aromatic heterocycles. The molecule has 2 aliphatic carbocycles. The van der Waals surface area contributed by atoms with E-state index in [1.165, 1.54) is 46.2 Å². The molecule has 0 saturated heterocycles. The van der Waals surface area contributed by atoms with Crippen LogP contribution in [-0.2, 0) is 0 Å². The van der Waals surface area contributed by atoms with Gasteiger partial charge in [-0.1, -0.05) is 97.1 Å². The molecule has 0 bridgehead atoms. The molecule has 3 aromatic rings. The lowest BCUT2D eigenvalue weighted by atomic mass is 9.84. The van der Waals surface area contributed by atoms with Gasteiger partial charge in [-0.15, -0.1) is 0 Å². The van der Waals surface area contributed by atoms with Crippen LogP contribution in [0.15, 0.2) is 84.9 Å². The molecule has 2 unspecified atom stereocenters. The smallest absolute Gasteiger partial charge is 0.0102 e. The highest BCUT2D eigenvalue weighted by molar-refractivity contribution is 5.91. The minimum Gasteiger partial charge on any atom is -0.0764 e. The number of allylic oxidation sites excluding steroid dienone is 2. The average molecular weight is 334 g/mol. The molecule has 0 saturated carbocycles. The fourth-order valence-electron chi connectivity index (χ4n) is 4.54. The Morgan fingerprint density at radius 3 is 2.15 bits per heavy atom. The third kappa shape index (κ3) is 2.63. The van der Waals surface area contributed by atoms with Gasteiger partial charge in [0.2, 0.25) is 0 Å². The van der Waals surface area contributed by atoms with Gasteiger partial charge in [-0.05, 0) is 46.2 Å². The summed E-state index contributed by atoms with van der Waals surface area (Å²) in [6.07, 6.45) is 9.44. The van der Waals surface area contributed by atoms with E-state index in [9.17, 15) is 0 Å². The molecular weight excluding hydrogens is 312 g/mol. The predicted molar refractivity (Wildman–Crippen MR) is 111 cm³/mol. The van der Waals surface area contributed by atoms with Gasteiger partial charge < -0.3 is 0 Å². The van der Waals surface area contributed by atoms with Crippen molar-refractivity contribution in [3.8, 4) is 0 Å². The van der Waals surface area contributed by atoms with Gasteiger partial charge in [0.1, 0.15) is 0 Å². The molecule has 2 aliphatic rings. The quantitative estimate of drug-likeness (QED) is 0.486. The number of benzene rings is 3. The van der Waals surface area contributed by atoms with Crippen LogP contribution in [0.1, 0.15) is 52.5 Å². The van der Waals surface area contributed by atoms with Crippen molar-refractivity contribution in [1.82, 2.24) is 0 Å². The zero-order valence-corrected chi connectivity index (χ0v) is 14.8. The molecule has 3 aromatic carbocycles. The summed E-state index contributed by atoms with van der Waals surface area (Å²) in [6.45, 7) is 0. The summed E-state index contributed by atoms with van der Waals surface area (Å²) in [5.74, 6) is 1.05. The van der Waals surface area contributed by atoms with E-state index in [1.807, 2.05) is 0 Å². The predicted octanol–water partition coefficient (Wildman–Crippen LogP) is 6.92. The number of hydrogen-bond acceptors (Lipinski definition) is 0. The van der Waals surface area contributed by atoms with E-state index in [2.05, 4.69) is 97.1 Å². The molecular formula is C26H22. The first-order chi connectivity index (χ1) is 12.9. The van der Waals surface area contributed by atoms with Gasteiger partial charge in [0.05, 0.1) is 0 Å². The van der Waals surface area contributed by atoms with Crippen molar-refractivity contribution >= 4 is 17.7 Å². The van der Waals surface area contributed by atoms with Crippen LogP contribution in [0.4, 0.5) is 0 Å². The van der Waals surface area contributed by atoms with Crippen LogP contribution in [0.3, 0.4) is 0 Å². The standard InChI is InChI=1S/C26H22/c1-2-8-19(9-3-1)26-18-22-11-5-7-13-24(22)25(26)17-16-21-15-14-20-10-4-6-12-23(20)21/h1-15,18,21,25H,16-17H2. The van der Waals surface area contributed by atoms with E-state index in [0.29, 0.717) is 11.8 Å². The van der Waals surface area contributed by atoms with Gasteiger partial charge in [0, 0.05) is 11.8 Å². The number of rotatable bonds is 4. The van der Waals surface area contributed by atoms with E-state index < -0.39 is 0 Å². The third-order valence-corrected chi connectivity index (χ3v) is 5.83. The van der Waals surface area contributed by atoms with E-state index >= 15 is 0 Å². The maximum absolute atomic E-state index is 2.40. The van der Waals surface area contributed by atoms with Crippen molar-refractivity contribution in [2.75, 3.05) is 0 Å². The van der Waals surface area contributed by atoms with E-state index in [1.54, 1.807) is 0 Å². The van der Waals surface area contributed by atoms with Crippen LogP contribution >= 0.6 is 0 Å². The molecule has 0 nitrogen and oxygen atoms in total. The molecule has 0 heteroatoms. The third-order valence-electron chi connectivity index (χ3n) is 5.83. The van der Waals surface area contributed by atoms with Gasteiger partial charge in [0.15, 0.2) is 0 Å². The Balaban J connectivity index is 1.43. The van der Waals surface area contributed by atoms with Crippen LogP contribution in [0.2, 0.25) is 0 Å². The van der Waals surface area contributed by atoms with Crippen LogP contribution < -0.4 is 0 Å². The molecule has 0 N–H and O–H groups in total. The summed E-state index contributed by atoms with van der Waals surface area (Å²) in [7, 11) is 0. The Morgan fingerprint density at radius 2 is 1.31 bits per heavy atom. The molecule has 0 spiro atoms. The monoisotopic (exact) mass is 334 g/mol. The summed E-state index contributed by atoms with van der Waals surface area (Å²) in [5.41, 5.74) is 8.59. The number of hydrogen-bond donors (Lipinski definition) is 0. The minimum atomic E-state index is 0.495. The second-order valence-electron chi connectivity index (χ2n) is 7.32.